The molecule has 3 aromatic rings. The second-order valence-corrected chi connectivity index (χ2v) is 4.75. The van der Waals surface area contributed by atoms with Crippen molar-refractivity contribution in [3.8, 4) is 11.3 Å². The molecule has 0 aliphatic carbocycles. The van der Waals surface area contributed by atoms with Gasteiger partial charge in [-0.15, -0.1) is 0 Å². The average molecular weight is 299 g/mol. The highest BCUT2D eigenvalue weighted by Gasteiger charge is 2.14. The highest BCUT2D eigenvalue weighted by atomic mass is 16.3. The monoisotopic (exact) mass is 299 g/mol. The van der Waals surface area contributed by atoms with Gasteiger partial charge in [-0.1, -0.05) is 30.3 Å². The number of hydrogen-bond donors (Lipinski definition) is 3. The van der Waals surface area contributed by atoms with Crippen molar-refractivity contribution in [2.45, 2.75) is 6.54 Å². The minimum Gasteiger partial charge on any atom is -0.395 e. The van der Waals surface area contributed by atoms with E-state index in [0.29, 0.717) is 30.2 Å². The minimum absolute atomic E-state index is 0.00201. The first-order valence-electron chi connectivity index (χ1n) is 7.07. The smallest absolute Gasteiger partial charge is 0.225 e. The Morgan fingerprint density at radius 1 is 1.05 bits per heavy atom. The number of hydrogen-bond acceptors (Lipinski definition) is 6. The van der Waals surface area contributed by atoms with Gasteiger partial charge >= 0.3 is 0 Å². The summed E-state index contributed by atoms with van der Waals surface area (Å²) in [5, 5.41) is 21.1. The number of rotatable bonds is 6. The van der Waals surface area contributed by atoms with E-state index in [-0.39, 0.29) is 13.2 Å². The zero-order valence-corrected chi connectivity index (χ0v) is 12.0. The largest absolute Gasteiger partial charge is 0.395 e. The van der Waals surface area contributed by atoms with Crippen molar-refractivity contribution in [1.82, 2.24) is 19.5 Å². The number of aliphatic hydroxyl groups excluding tert-OH is 2. The fourth-order valence-electron chi connectivity index (χ4n) is 2.26. The van der Waals surface area contributed by atoms with Crippen LogP contribution in [0.1, 0.15) is 0 Å². The number of nitrogens with zero attached hydrogens (tertiary/aromatic N) is 4. The van der Waals surface area contributed by atoms with Crippen molar-refractivity contribution >= 4 is 17.1 Å². The van der Waals surface area contributed by atoms with E-state index in [4.69, 9.17) is 10.2 Å². The van der Waals surface area contributed by atoms with Crippen molar-refractivity contribution in [3.05, 3.63) is 36.7 Å². The molecule has 0 saturated heterocycles. The second kappa shape index (κ2) is 6.50. The maximum absolute atomic E-state index is 9.15. The summed E-state index contributed by atoms with van der Waals surface area (Å²) in [6, 6.07) is 9.74. The second-order valence-electron chi connectivity index (χ2n) is 4.75. The van der Waals surface area contributed by atoms with E-state index in [9.17, 15) is 0 Å². The van der Waals surface area contributed by atoms with Crippen molar-refractivity contribution < 1.29 is 10.2 Å². The Balaban J connectivity index is 2.16. The topological polar surface area (TPSA) is 96.1 Å². The molecule has 0 spiro atoms. The van der Waals surface area contributed by atoms with E-state index < -0.39 is 0 Å². The quantitative estimate of drug-likeness (QED) is 0.625. The molecule has 0 unspecified atom stereocenters. The molecule has 0 radical (unpaired) electrons. The first-order valence-corrected chi connectivity index (χ1v) is 7.07. The van der Waals surface area contributed by atoms with Gasteiger partial charge in [0, 0.05) is 18.7 Å². The predicted octanol–water partition coefficient (Wildman–Crippen LogP) is 0.890. The molecule has 0 saturated carbocycles. The minimum atomic E-state index is -0.00201. The van der Waals surface area contributed by atoms with Crippen molar-refractivity contribution in [2.24, 2.45) is 0 Å². The number of benzene rings is 1. The molecule has 0 fully saturated rings. The molecule has 0 amide bonds. The highest BCUT2D eigenvalue weighted by molar-refractivity contribution is 5.88. The van der Waals surface area contributed by atoms with Crippen LogP contribution in [0.2, 0.25) is 0 Å². The molecule has 1 aromatic carbocycles. The molecule has 22 heavy (non-hydrogen) atoms. The van der Waals surface area contributed by atoms with Gasteiger partial charge < -0.3 is 20.1 Å². The Kier molecular flexibility index (Phi) is 4.27. The van der Waals surface area contributed by atoms with Crippen molar-refractivity contribution in [2.75, 3.05) is 25.1 Å². The normalized spacial score (nSPS) is 11.0. The lowest BCUT2D eigenvalue weighted by Crippen LogP contribution is -2.10. The van der Waals surface area contributed by atoms with Crippen molar-refractivity contribution in [3.63, 3.8) is 0 Å². The Morgan fingerprint density at radius 2 is 1.86 bits per heavy atom. The van der Waals surface area contributed by atoms with Gasteiger partial charge in [0.2, 0.25) is 5.95 Å². The summed E-state index contributed by atoms with van der Waals surface area (Å²) < 4.78 is 1.79. The number of anilines is 1. The van der Waals surface area contributed by atoms with Crippen molar-refractivity contribution in [1.29, 1.82) is 0 Å². The molecular formula is C15H17N5O2. The van der Waals surface area contributed by atoms with Crippen LogP contribution < -0.4 is 5.32 Å². The van der Waals surface area contributed by atoms with Crippen LogP contribution in [0.15, 0.2) is 36.7 Å². The summed E-state index contributed by atoms with van der Waals surface area (Å²) in [6.07, 6.45) is 1.65. The van der Waals surface area contributed by atoms with E-state index in [1.54, 1.807) is 10.9 Å². The lowest BCUT2D eigenvalue weighted by Gasteiger charge is -2.08. The fourth-order valence-corrected chi connectivity index (χ4v) is 2.26. The van der Waals surface area contributed by atoms with Gasteiger partial charge in [-0.25, -0.2) is 9.97 Å². The van der Waals surface area contributed by atoms with Gasteiger partial charge in [-0.2, -0.15) is 4.98 Å². The number of imidazole rings is 1. The Hall–Kier alpha value is -2.51. The molecular weight excluding hydrogens is 282 g/mol. The van der Waals surface area contributed by atoms with Crippen LogP contribution in [-0.4, -0.2) is 49.5 Å². The molecule has 2 heterocycles. The maximum atomic E-state index is 9.15. The molecule has 0 aliphatic rings. The van der Waals surface area contributed by atoms with Crippen LogP contribution in [0.25, 0.3) is 22.4 Å². The van der Waals surface area contributed by atoms with E-state index in [0.717, 1.165) is 11.3 Å². The SMILES string of the molecule is OCCNc1nc(-c2ccccc2)c2ncn(CCO)c2n1. The predicted molar refractivity (Wildman–Crippen MR) is 83.4 cm³/mol. The van der Waals surface area contributed by atoms with Gasteiger partial charge in [-0.3, -0.25) is 0 Å². The van der Waals surface area contributed by atoms with E-state index in [1.807, 2.05) is 30.3 Å². The van der Waals surface area contributed by atoms with Gasteiger partial charge in [0.25, 0.3) is 0 Å². The Morgan fingerprint density at radius 3 is 2.59 bits per heavy atom. The lowest BCUT2D eigenvalue weighted by molar-refractivity contribution is 0.277. The van der Waals surface area contributed by atoms with Gasteiger partial charge in [-0.05, 0) is 0 Å². The maximum Gasteiger partial charge on any atom is 0.225 e. The molecule has 7 heteroatoms. The van der Waals surface area contributed by atoms with Crippen LogP contribution in [-0.2, 0) is 6.54 Å². The van der Waals surface area contributed by atoms with Gasteiger partial charge in [0.1, 0.15) is 11.2 Å². The summed E-state index contributed by atoms with van der Waals surface area (Å²) >= 11 is 0. The summed E-state index contributed by atoms with van der Waals surface area (Å²) in [7, 11) is 0. The van der Waals surface area contributed by atoms with Crippen LogP contribution in [0.3, 0.4) is 0 Å². The Bertz CT molecular complexity index is 757. The van der Waals surface area contributed by atoms with Crippen LogP contribution in [0, 0.1) is 0 Å². The third kappa shape index (κ3) is 2.76. The third-order valence-corrected chi connectivity index (χ3v) is 3.25. The highest BCUT2D eigenvalue weighted by Crippen LogP contribution is 2.26. The average Bonchev–Trinajstić information content (AvgIpc) is 2.96. The van der Waals surface area contributed by atoms with E-state index >= 15 is 0 Å². The molecule has 0 aliphatic heterocycles. The molecule has 114 valence electrons. The summed E-state index contributed by atoms with van der Waals surface area (Å²) in [4.78, 5) is 13.3. The standard InChI is InChI=1S/C15H17N5O2/c21-8-6-16-15-18-12(11-4-2-1-3-5-11)13-14(19-15)20(7-9-22)10-17-13/h1-5,10,21-22H,6-9H2,(H,16,18,19). The fraction of sp³-hybridized carbons (Fsp3) is 0.267. The van der Waals surface area contributed by atoms with E-state index in [2.05, 4.69) is 20.3 Å². The number of aliphatic hydroxyl groups is 2. The van der Waals surface area contributed by atoms with Crippen LogP contribution >= 0.6 is 0 Å². The zero-order valence-electron chi connectivity index (χ0n) is 12.0. The lowest BCUT2D eigenvalue weighted by atomic mass is 10.1. The molecule has 3 N–H and O–H groups in total. The molecule has 2 aromatic heterocycles. The van der Waals surface area contributed by atoms with Crippen LogP contribution in [0.5, 0.6) is 0 Å². The first kappa shape index (κ1) is 14.4. The summed E-state index contributed by atoms with van der Waals surface area (Å²) in [5.74, 6) is 0.431. The molecule has 3 rings (SSSR count). The third-order valence-electron chi connectivity index (χ3n) is 3.25. The summed E-state index contributed by atoms with van der Waals surface area (Å²) in [6.45, 7) is 0.794. The molecule has 0 bridgehead atoms. The van der Waals surface area contributed by atoms with Gasteiger partial charge in [0.05, 0.1) is 19.5 Å². The van der Waals surface area contributed by atoms with E-state index in [1.165, 1.54) is 0 Å². The number of nitrogens with one attached hydrogen (secondary N) is 1. The molecule has 7 nitrogen and oxygen atoms in total. The zero-order chi connectivity index (χ0) is 15.4. The summed E-state index contributed by atoms with van der Waals surface area (Å²) in [5.41, 5.74) is 3.01. The van der Waals surface area contributed by atoms with Crippen LogP contribution in [0.4, 0.5) is 5.95 Å². The molecule has 0 atom stereocenters. The first-order chi connectivity index (χ1) is 10.8. The Labute approximate surface area is 127 Å². The number of aromatic nitrogens is 4. The number of fused-ring (bicyclic) bond motifs is 1. The van der Waals surface area contributed by atoms with Gasteiger partial charge in [0.15, 0.2) is 5.65 Å².